The Balaban J connectivity index is 1.50. The molecule has 3 aromatic heterocycles. The summed E-state index contributed by atoms with van der Waals surface area (Å²) in [5, 5.41) is 3.89. The van der Waals surface area contributed by atoms with E-state index in [-0.39, 0.29) is 5.91 Å². The van der Waals surface area contributed by atoms with Crippen LogP contribution in [0.15, 0.2) is 71.5 Å². The number of aryl methyl sites for hydroxylation is 1. The number of amides is 1. The number of carbonyl (C=O) groups excluding carboxylic acids is 1. The topological polar surface area (TPSA) is 68.0 Å². The number of rotatable bonds is 4. The first kappa shape index (κ1) is 16.0. The van der Waals surface area contributed by atoms with Gasteiger partial charge < -0.3 is 9.73 Å². The molecule has 0 unspecified atom stereocenters. The molecule has 0 saturated carbocycles. The predicted molar refractivity (Wildman–Crippen MR) is 99.6 cm³/mol. The lowest BCUT2D eigenvalue weighted by molar-refractivity contribution is 0.0952. The minimum absolute atomic E-state index is 0.149. The third-order valence-corrected chi connectivity index (χ3v) is 4.16. The summed E-state index contributed by atoms with van der Waals surface area (Å²) in [6.07, 6.45) is 3.36. The average Bonchev–Trinajstić information content (AvgIpc) is 3.21. The van der Waals surface area contributed by atoms with Crippen molar-refractivity contribution >= 4 is 16.8 Å². The molecule has 0 aliphatic heterocycles. The van der Waals surface area contributed by atoms with E-state index in [0.29, 0.717) is 12.1 Å². The molecule has 0 bridgehead atoms. The molecule has 5 heteroatoms. The second-order valence-electron chi connectivity index (χ2n) is 6.04. The summed E-state index contributed by atoms with van der Waals surface area (Å²) < 4.78 is 5.33. The maximum atomic E-state index is 12.6. The minimum Gasteiger partial charge on any atom is -0.463 e. The van der Waals surface area contributed by atoms with Gasteiger partial charge in [0.25, 0.3) is 5.91 Å². The van der Waals surface area contributed by atoms with Crippen molar-refractivity contribution in [2.24, 2.45) is 0 Å². The highest BCUT2D eigenvalue weighted by molar-refractivity contribution is 6.05. The molecule has 0 aliphatic rings. The Morgan fingerprint density at radius 1 is 1.08 bits per heavy atom. The fraction of sp³-hybridized carbons (Fsp3) is 0.0952. The second-order valence-corrected chi connectivity index (χ2v) is 6.04. The highest BCUT2D eigenvalue weighted by atomic mass is 16.3. The van der Waals surface area contributed by atoms with Gasteiger partial charge in [0.2, 0.25) is 0 Å². The molecule has 0 atom stereocenters. The van der Waals surface area contributed by atoms with Gasteiger partial charge in [0.15, 0.2) is 5.76 Å². The van der Waals surface area contributed by atoms with Crippen LogP contribution in [0.2, 0.25) is 0 Å². The van der Waals surface area contributed by atoms with Crippen LogP contribution in [0.4, 0.5) is 0 Å². The number of fused-ring (bicyclic) bond motifs is 1. The predicted octanol–water partition coefficient (Wildman–Crippen LogP) is 4.13. The van der Waals surface area contributed by atoms with Crippen molar-refractivity contribution in [2.45, 2.75) is 13.5 Å². The van der Waals surface area contributed by atoms with Crippen LogP contribution in [0.3, 0.4) is 0 Å². The quantitative estimate of drug-likeness (QED) is 0.605. The fourth-order valence-electron chi connectivity index (χ4n) is 2.80. The van der Waals surface area contributed by atoms with Gasteiger partial charge in [-0.1, -0.05) is 24.3 Å². The van der Waals surface area contributed by atoms with Gasteiger partial charge in [0.05, 0.1) is 17.3 Å². The van der Waals surface area contributed by atoms with Crippen LogP contribution in [0.1, 0.15) is 21.6 Å². The monoisotopic (exact) mass is 343 g/mol. The second kappa shape index (κ2) is 6.80. The summed E-state index contributed by atoms with van der Waals surface area (Å²) in [6, 6.07) is 17.0. The van der Waals surface area contributed by atoms with E-state index in [1.807, 2.05) is 55.5 Å². The number of hydrogen-bond donors (Lipinski definition) is 1. The Labute approximate surface area is 150 Å². The van der Waals surface area contributed by atoms with Gasteiger partial charge in [-0.05, 0) is 42.8 Å². The van der Waals surface area contributed by atoms with Crippen LogP contribution in [-0.4, -0.2) is 15.9 Å². The number of benzene rings is 1. The van der Waals surface area contributed by atoms with Crippen LogP contribution in [-0.2, 0) is 6.54 Å². The lowest BCUT2D eigenvalue weighted by Gasteiger charge is -2.08. The number of nitrogens with zero attached hydrogens (tertiary/aromatic N) is 2. The lowest BCUT2D eigenvalue weighted by Crippen LogP contribution is -2.23. The lowest BCUT2D eigenvalue weighted by atomic mass is 10.1. The summed E-state index contributed by atoms with van der Waals surface area (Å²) in [7, 11) is 0. The van der Waals surface area contributed by atoms with Crippen LogP contribution in [0.25, 0.3) is 22.4 Å². The summed E-state index contributed by atoms with van der Waals surface area (Å²) in [5.74, 6) is 0.571. The maximum Gasteiger partial charge on any atom is 0.253 e. The molecular weight excluding hydrogens is 326 g/mol. The van der Waals surface area contributed by atoms with E-state index in [9.17, 15) is 4.79 Å². The van der Waals surface area contributed by atoms with E-state index < -0.39 is 0 Å². The number of pyridine rings is 2. The molecule has 5 nitrogen and oxygen atoms in total. The maximum absolute atomic E-state index is 12.6. The van der Waals surface area contributed by atoms with Crippen molar-refractivity contribution in [3.8, 4) is 11.5 Å². The van der Waals surface area contributed by atoms with E-state index in [4.69, 9.17) is 4.42 Å². The fourth-order valence-corrected chi connectivity index (χ4v) is 2.80. The summed E-state index contributed by atoms with van der Waals surface area (Å²) >= 11 is 0. The molecule has 0 fully saturated rings. The smallest absolute Gasteiger partial charge is 0.253 e. The highest BCUT2D eigenvalue weighted by Crippen LogP contribution is 2.18. The zero-order chi connectivity index (χ0) is 17.9. The molecule has 1 N–H and O–H groups in total. The Bertz CT molecular complexity index is 1050. The average molecular weight is 343 g/mol. The van der Waals surface area contributed by atoms with Gasteiger partial charge in [0.1, 0.15) is 5.69 Å². The van der Waals surface area contributed by atoms with Crippen molar-refractivity contribution in [1.29, 1.82) is 0 Å². The molecule has 128 valence electrons. The number of nitrogens with one attached hydrogen (secondary N) is 1. The van der Waals surface area contributed by atoms with E-state index in [1.165, 1.54) is 0 Å². The minimum atomic E-state index is -0.149. The van der Waals surface area contributed by atoms with Crippen LogP contribution in [0.5, 0.6) is 0 Å². The van der Waals surface area contributed by atoms with E-state index in [2.05, 4.69) is 15.3 Å². The highest BCUT2D eigenvalue weighted by Gasteiger charge is 2.11. The molecule has 1 aromatic carbocycles. The summed E-state index contributed by atoms with van der Waals surface area (Å²) in [5.41, 5.74) is 3.86. The van der Waals surface area contributed by atoms with Crippen molar-refractivity contribution in [3.63, 3.8) is 0 Å². The molecule has 0 saturated heterocycles. The van der Waals surface area contributed by atoms with Gasteiger partial charge in [0, 0.05) is 23.8 Å². The largest absolute Gasteiger partial charge is 0.463 e. The Kier molecular flexibility index (Phi) is 4.19. The molecule has 3 heterocycles. The van der Waals surface area contributed by atoms with E-state index >= 15 is 0 Å². The van der Waals surface area contributed by atoms with Crippen molar-refractivity contribution in [3.05, 3.63) is 83.9 Å². The molecule has 26 heavy (non-hydrogen) atoms. The molecule has 1 amide bonds. The molecular formula is C21H17N3O2. The Hall–Kier alpha value is -3.47. The van der Waals surface area contributed by atoms with Gasteiger partial charge in [-0.2, -0.15) is 0 Å². The van der Waals surface area contributed by atoms with Gasteiger partial charge in [-0.25, -0.2) is 0 Å². The molecule has 4 aromatic rings. The molecule has 0 spiro atoms. The number of para-hydroxylation sites is 1. The van der Waals surface area contributed by atoms with Crippen LogP contribution < -0.4 is 5.32 Å². The zero-order valence-corrected chi connectivity index (χ0v) is 14.3. The van der Waals surface area contributed by atoms with E-state index in [1.54, 1.807) is 18.5 Å². The van der Waals surface area contributed by atoms with Gasteiger partial charge in [-0.15, -0.1) is 0 Å². The number of furan rings is 1. The van der Waals surface area contributed by atoms with Crippen LogP contribution >= 0.6 is 0 Å². The first-order valence-electron chi connectivity index (χ1n) is 8.34. The Morgan fingerprint density at radius 3 is 2.77 bits per heavy atom. The summed E-state index contributed by atoms with van der Waals surface area (Å²) in [6.45, 7) is 2.31. The van der Waals surface area contributed by atoms with Gasteiger partial charge in [-0.3, -0.25) is 14.8 Å². The SMILES string of the molecule is Cc1ccc2cccc(C(=O)NCc3ccc(-c4ccco4)nc3)c2n1. The Morgan fingerprint density at radius 2 is 2.00 bits per heavy atom. The normalized spacial score (nSPS) is 10.8. The van der Waals surface area contributed by atoms with Gasteiger partial charge >= 0.3 is 0 Å². The molecule has 4 rings (SSSR count). The van der Waals surface area contributed by atoms with Crippen LogP contribution in [0, 0.1) is 6.92 Å². The van der Waals surface area contributed by atoms with Crippen molar-refractivity contribution < 1.29 is 9.21 Å². The standard InChI is InChI=1S/C21H17N3O2/c1-14-7-9-16-4-2-5-17(20(16)24-14)21(25)23-13-15-8-10-18(22-12-15)19-6-3-11-26-19/h2-12H,13H2,1H3,(H,23,25). The third kappa shape index (κ3) is 3.19. The molecule has 0 radical (unpaired) electrons. The van der Waals surface area contributed by atoms with E-state index in [0.717, 1.165) is 33.6 Å². The third-order valence-electron chi connectivity index (χ3n) is 4.16. The number of hydrogen-bond acceptors (Lipinski definition) is 4. The number of carbonyl (C=O) groups is 1. The summed E-state index contributed by atoms with van der Waals surface area (Å²) in [4.78, 5) is 21.5. The molecule has 0 aliphatic carbocycles. The number of aromatic nitrogens is 2. The first-order valence-corrected chi connectivity index (χ1v) is 8.34. The van der Waals surface area contributed by atoms with Crippen molar-refractivity contribution in [1.82, 2.24) is 15.3 Å². The van der Waals surface area contributed by atoms with Crippen molar-refractivity contribution in [2.75, 3.05) is 0 Å². The zero-order valence-electron chi connectivity index (χ0n) is 14.3. The first-order chi connectivity index (χ1) is 12.7.